The van der Waals surface area contributed by atoms with Crippen LogP contribution in [0.5, 0.6) is 11.5 Å². The summed E-state index contributed by atoms with van der Waals surface area (Å²) >= 11 is 7.39. The average molecular weight is 377 g/mol. The smallest absolute Gasteiger partial charge is 0.210 e. The molecule has 0 spiro atoms. The molecule has 25 heavy (non-hydrogen) atoms. The highest BCUT2D eigenvalue weighted by Crippen LogP contribution is 2.29. The van der Waals surface area contributed by atoms with E-state index in [9.17, 15) is 0 Å². The van der Waals surface area contributed by atoms with Crippen molar-refractivity contribution in [2.75, 3.05) is 25.3 Å². The molecule has 0 bridgehead atoms. The maximum Gasteiger partial charge on any atom is 0.210 e. The van der Waals surface area contributed by atoms with Crippen molar-refractivity contribution in [3.05, 3.63) is 53.6 Å². The van der Waals surface area contributed by atoms with Gasteiger partial charge in [-0.15, -0.1) is 10.2 Å². The van der Waals surface area contributed by atoms with Crippen LogP contribution in [-0.2, 0) is 0 Å². The van der Waals surface area contributed by atoms with Gasteiger partial charge in [0.2, 0.25) is 5.16 Å². The van der Waals surface area contributed by atoms with Crippen molar-refractivity contribution >= 4 is 23.4 Å². The van der Waals surface area contributed by atoms with E-state index in [0.29, 0.717) is 34.1 Å². The number of halogens is 1. The molecular weight excluding hydrogens is 360 g/mol. The Kier molecular flexibility index (Phi) is 5.67. The van der Waals surface area contributed by atoms with Gasteiger partial charge in [-0.2, -0.15) is 0 Å². The van der Waals surface area contributed by atoms with E-state index >= 15 is 0 Å². The van der Waals surface area contributed by atoms with E-state index in [1.807, 2.05) is 36.4 Å². The zero-order valence-electron chi connectivity index (χ0n) is 13.6. The number of thioether (sulfide) groups is 1. The van der Waals surface area contributed by atoms with Crippen molar-refractivity contribution in [3.63, 3.8) is 0 Å². The molecule has 0 radical (unpaired) electrons. The molecule has 0 aliphatic heterocycles. The van der Waals surface area contributed by atoms with E-state index < -0.39 is 0 Å². The first-order chi connectivity index (χ1) is 12.2. The lowest BCUT2D eigenvalue weighted by Gasteiger charge is -2.08. The molecule has 0 aliphatic rings. The Morgan fingerprint density at radius 2 is 2.00 bits per heavy atom. The second kappa shape index (κ2) is 8.13. The molecule has 0 unspecified atom stereocenters. The molecule has 2 N–H and O–H groups in total. The van der Waals surface area contributed by atoms with E-state index in [1.165, 1.54) is 16.4 Å². The fraction of sp³-hybridized carbons (Fsp3) is 0.176. The van der Waals surface area contributed by atoms with Crippen molar-refractivity contribution in [1.29, 1.82) is 0 Å². The first kappa shape index (κ1) is 17.4. The van der Waals surface area contributed by atoms with Gasteiger partial charge in [0.15, 0.2) is 5.82 Å². The Morgan fingerprint density at radius 3 is 2.80 bits per heavy atom. The van der Waals surface area contributed by atoms with Gasteiger partial charge in [-0.25, -0.2) is 4.68 Å². The minimum Gasteiger partial charge on any atom is -0.496 e. The number of aromatic nitrogens is 3. The summed E-state index contributed by atoms with van der Waals surface area (Å²) in [6.07, 6.45) is 0. The Hall–Kier alpha value is -2.38. The van der Waals surface area contributed by atoms with Crippen LogP contribution in [0.25, 0.3) is 11.4 Å². The molecule has 6 nitrogen and oxygen atoms in total. The van der Waals surface area contributed by atoms with Crippen molar-refractivity contribution in [2.45, 2.75) is 5.16 Å². The fourth-order valence-corrected chi connectivity index (χ4v) is 3.09. The number of rotatable bonds is 7. The van der Waals surface area contributed by atoms with Gasteiger partial charge in [0.25, 0.3) is 0 Å². The van der Waals surface area contributed by atoms with Crippen LogP contribution in [0.2, 0.25) is 5.02 Å². The van der Waals surface area contributed by atoms with Crippen molar-refractivity contribution in [3.8, 4) is 22.9 Å². The Morgan fingerprint density at radius 1 is 1.16 bits per heavy atom. The van der Waals surface area contributed by atoms with Crippen molar-refractivity contribution < 1.29 is 9.47 Å². The summed E-state index contributed by atoms with van der Waals surface area (Å²) in [5, 5.41) is 9.57. The molecule has 0 aliphatic carbocycles. The van der Waals surface area contributed by atoms with Crippen molar-refractivity contribution in [2.24, 2.45) is 0 Å². The maximum absolute atomic E-state index is 6.13. The van der Waals surface area contributed by atoms with Gasteiger partial charge >= 0.3 is 0 Å². The van der Waals surface area contributed by atoms with Crippen LogP contribution in [0.15, 0.2) is 53.7 Å². The molecule has 1 heterocycles. The molecule has 3 rings (SSSR count). The summed E-state index contributed by atoms with van der Waals surface area (Å²) < 4.78 is 12.5. The topological polar surface area (TPSA) is 75.2 Å². The first-order valence-corrected chi connectivity index (χ1v) is 8.90. The summed E-state index contributed by atoms with van der Waals surface area (Å²) in [6, 6.07) is 14.8. The van der Waals surface area contributed by atoms with Crippen LogP contribution in [0.1, 0.15) is 0 Å². The minimum atomic E-state index is 0.502. The highest BCUT2D eigenvalue weighted by molar-refractivity contribution is 7.99. The number of para-hydroxylation sites is 1. The molecule has 0 amide bonds. The lowest BCUT2D eigenvalue weighted by atomic mass is 10.2. The van der Waals surface area contributed by atoms with E-state index in [1.54, 1.807) is 19.2 Å². The predicted molar refractivity (Wildman–Crippen MR) is 99.8 cm³/mol. The normalized spacial score (nSPS) is 10.6. The van der Waals surface area contributed by atoms with E-state index in [0.717, 1.165) is 11.3 Å². The highest BCUT2D eigenvalue weighted by atomic mass is 35.5. The summed E-state index contributed by atoms with van der Waals surface area (Å²) in [5.41, 5.74) is 0.794. The molecule has 130 valence electrons. The summed E-state index contributed by atoms with van der Waals surface area (Å²) in [6.45, 7) is 0.502. The van der Waals surface area contributed by atoms with E-state index in [4.69, 9.17) is 26.9 Å². The summed E-state index contributed by atoms with van der Waals surface area (Å²) in [7, 11) is 1.61. The number of hydrogen-bond acceptors (Lipinski definition) is 6. The number of ether oxygens (including phenoxy) is 2. The van der Waals surface area contributed by atoms with Crippen LogP contribution in [-0.4, -0.2) is 34.3 Å². The molecule has 0 saturated carbocycles. The van der Waals surface area contributed by atoms with Gasteiger partial charge in [-0.1, -0.05) is 41.6 Å². The minimum absolute atomic E-state index is 0.502. The van der Waals surface area contributed by atoms with Crippen LogP contribution in [0.3, 0.4) is 0 Å². The summed E-state index contributed by atoms with van der Waals surface area (Å²) in [5.74, 6) is 8.79. The standard InChI is InChI=1S/C17H17ClN4O2S/c1-23-15-8-3-2-7-14(15)16-20-21-17(22(16)19)25-10-9-24-13-6-4-5-12(18)11-13/h2-8,11H,9-10,19H2,1H3. The van der Waals surface area contributed by atoms with Crippen molar-refractivity contribution in [1.82, 2.24) is 14.9 Å². The molecule has 0 fully saturated rings. The second-order valence-corrected chi connectivity index (χ2v) is 6.53. The maximum atomic E-state index is 6.13. The number of methoxy groups -OCH3 is 1. The Balaban J connectivity index is 1.62. The number of nitrogen functional groups attached to an aromatic ring is 1. The number of benzene rings is 2. The number of hydrogen-bond donors (Lipinski definition) is 1. The van der Waals surface area contributed by atoms with Gasteiger partial charge < -0.3 is 15.3 Å². The molecule has 1 aromatic heterocycles. The predicted octanol–water partition coefficient (Wildman–Crippen LogP) is 3.49. The third-order valence-corrected chi connectivity index (χ3v) is 4.53. The van der Waals surface area contributed by atoms with E-state index in [-0.39, 0.29) is 0 Å². The Bertz CT molecular complexity index is 856. The van der Waals surface area contributed by atoms with Crippen LogP contribution in [0.4, 0.5) is 0 Å². The summed E-state index contributed by atoms with van der Waals surface area (Å²) in [4.78, 5) is 0. The molecule has 8 heteroatoms. The monoisotopic (exact) mass is 376 g/mol. The molecule has 3 aromatic rings. The molecule has 0 atom stereocenters. The molecule has 0 saturated heterocycles. The Labute approximate surface area is 154 Å². The zero-order valence-corrected chi connectivity index (χ0v) is 15.1. The third-order valence-electron chi connectivity index (χ3n) is 3.39. The number of nitrogens with zero attached hydrogens (tertiary/aromatic N) is 3. The fourth-order valence-electron chi connectivity index (χ4n) is 2.24. The highest BCUT2D eigenvalue weighted by Gasteiger charge is 2.15. The quantitative estimate of drug-likeness (QED) is 0.386. The largest absolute Gasteiger partial charge is 0.496 e. The first-order valence-electron chi connectivity index (χ1n) is 7.54. The lowest BCUT2D eigenvalue weighted by molar-refractivity contribution is 0.344. The third kappa shape index (κ3) is 4.18. The van der Waals surface area contributed by atoms with Gasteiger partial charge in [-0.05, 0) is 30.3 Å². The van der Waals surface area contributed by atoms with Gasteiger partial charge in [0, 0.05) is 10.8 Å². The second-order valence-electron chi connectivity index (χ2n) is 5.03. The van der Waals surface area contributed by atoms with Crippen LogP contribution >= 0.6 is 23.4 Å². The lowest BCUT2D eigenvalue weighted by Crippen LogP contribution is -2.12. The van der Waals surface area contributed by atoms with E-state index in [2.05, 4.69) is 10.2 Å². The van der Waals surface area contributed by atoms with Crippen LogP contribution < -0.4 is 15.3 Å². The molecule has 2 aromatic carbocycles. The SMILES string of the molecule is COc1ccccc1-c1nnc(SCCOc2cccc(Cl)c2)n1N. The van der Waals surface area contributed by atoms with Crippen LogP contribution in [0, 0.1) is 0 Å². The van der Waals surface area contributed by atoms with Gasteiger partial charge in [-0.3, -0.25) is 0 Å². The van der Waals surface area contributed by atoms with Gasteiger partial charge in [0.05, 0.1) is 19.3 Å². The molecular formula is C17H17ClN4O2S. The average Bonchev–Trinajstić information content (AvgIpc) is 2.99. The van der Waals surface area contributed by atoms with Gasteiger partial charge in [0.1, 0.15) is 11.5 Å². The number of nitrogens with two attached hydrogens (primary N) is 1. The zero-order chi connectivity index (χ0) is 17.6.